The number of aromatic nitrogens is 1. The molecule has 3 rings (SSSR count). The Morgan fingerprint density at radius 1 is 1.24 bits per heavy atom. The van der Waals surface area contributed by atoms with Crippen LogP contribution in [0.3, 0.4) is 0 Å². The predicted molar refractivity (Wildman–Crippen MR) is 79.2 cm³/mol. The molecule has 1 N–H and O–H groups in total. The minimum Gasteiger partial charge on any atom is -0.449 e. The Morgan fingerprint density at radius 2 is 2.00 bits per heavy atom. The van der Waals surface area contributed by atoms with Gasteiger partial charge in [-0.15, -0.1) is 0 Å². The van der Waals surface area contributed by atoms with Gasteiger partial charge in [-0.1, -0.05) is 0 Å². The minimum absolute atomic E-state index is 0.609. The molecule has 0 unspecified atom stereocenters. The molecule has 0 saturated heterocycles. The number of rotatable bonds is 3. The van der Waals surface area contributed by atoms with Gasteiger partial charge in [0.15, 0.2) is 11.5 Å². The average Bonchev–Trinajstić information content (AvgIpc) is 2.93. The average molecular weight is 283 g/mol. The zero-order chi connectivity index (χ0) is 15.0. The Hall–Kier alpha value is -2.61. The Kier molecular flexibility index (Phi) is 3.02. The number of nitriles is 1. The van der Waals surface area contributed by atoms with Gasteiger partial charge >= 0.3 is 0 Å². The standard InChI is InChI=1S/C16H17N3O2/c1-16(2)20-14-5-4-12(7-15(14)21-16)18-9-11-6-13(8-17)19(3)10-11/h4-7,10,18H,9H2,1-3H3. The van der Waals surface area contributed by atoms with Gasteiger partial charge in [0.2, 0.25) is 5.79 Å². The van der Waals surface area contributed by atoms with Crippen molar-refractivity contribution in [2.45, 2.75) is 26.2 Å². The molecule has 1 aliphatic heterocycles. The van der Waals surface area contributed by atoms with E-state index < -0.39 is 5.79 Å². The van der Waals surface area contributed by atoms with Crippen LogP contribution in [0.15, 0.2) is 30.5 Å². The van der Waals surface area contributed by atoms with E-state index in [-0.39, 0.29) is 0 Å². The number of aryl methyl sites for hydroxylation is 1. The van der Waals surface area contributed by atoms with E-state index in [1.54, 1.807) is 0 Å². The van der Waals surface area contributed by atoms with Gasteiger partial charge in [-0.3, -0.25) is 0 Å². The smallest absolute Gasteiger partial charge is 0.246 e. The molecule has 0 amide bonds. The summed E-state index contributed by atoms with van der Waals surface area (Å²) in [5, 5.41) is 12.3. The first kappa shape index (κ1) is 13.4. The molecule has 0 bridgehead atoms. The minimum atomic E-state index is -0.609. The summed E-state index contributed by atoms with van der Waals surface area (Å²) in [5.41, 5.74) is 2.67. The molecule has 108 valence electrons. The third-order valence-electron chi connectivity index (χ3n) is 3.33. The summed E-state index contributed by atoms with van der Waals surface area (Å²) in [6.07, 6.45) is 1.95. The molecule has 2 aromatic rings. The first-order valence-corrected chi connectivity index (χ1v) is 6.78. The second-order valence-electron chi connectivity index (χ2n) is 5.58. The fourth-order valence-corrected chi connectivity index (χ4v) is 2.38. The fourth-order valence-electron chi connectivity index (χ4n) is 2.38. The molecular formula is C16H17N3O2. The highest BCUT2D eigenvalue weighted by molar-refractivity contribution is 5.56. The van der Waals surface area contributed by atoms with E-state index in [4.69, 9.17) is 14.7 Å². The quantitative estimate of drug-likeness (QED) is 0.940. The summed E-state index contributed by atoms with van der Waals surface area (Å²) in [7, 11) is 1.87. The molecule has 0 atom stereocenters. The Bertz CT molecular complexity index is 726. The van der Waals surface area contributed by atoms with Crippen molar-refractivity contribution < 1.29 is 9.47 Å². The van der Waals surface area contributed by atoms with Crippen molar-refractivity contribution >= 4 is 5.69 Å². The highest BCUT2D eigenvalue weighted by atomic mass is 16.7. The van der Waals surface area contributed by atoms with Crippen LogP contribution in [0.2, 0.25) is 0 Å². The summed E-state index contributed by atoms with van der Waals surface area (Å²) in [6.45, 7) is 4.42. The number of hydrogen-bond acceptors (Lipinski definition) is 4. The van der Waals surface area contributed by atoms with Crippen molar-refractivity contribution in [1.82, 2.24) is 4.57 Å². The van der Waals surface area contributed by atoms with Gasteiger partial charge in [0.05, 0.1) is 0 Å². The number of hydrogen-bond donors (Lipinski definition) is 1. The summed E-state index contributed by atoms with van der Waals surface area (Å²) in [4.78, 5) is 0. The van der Waals surface area contributed by atoms with Crippen molar-refractivity contribution in [3.8, 4) is 17.6 Å². The van der Waals surface area contributed by atoms with E-state index in [1.807, 2.05) is 55.9 Å². The highest BCUT2D eigenvalue weighted by Gasteiger charge is 2.31. The van der Waals surface area contributed by atoms with Crippen LogP contribution in [-0.2, 0) is 13.6 Å². The van der Waals surface area contributed by atoms with Gasteiger partial charge in [-0.2, -0.15) is 5.26 Å². The maximum absolute atomic E-state index is 8.95. The number of fused-ring (bicyclic) bond motifs is 1. The second kappa shape index (κ2) is 4.74. The van der Waals surface area contributed by atoms with Crippen LogP contribution in [0.1, 0.15) is 25.1 Å². The molecule has 0 saturated carbocycles. The van der Waals surface area contributed by atoms with Crippen LogP contribution in [0, 0.1) is 11.3 Å². The van der Waals surface area contributed by atoms with E-state index in [0.717, 1.165) is 22.7 Å². The number of nitrogens with zero attached hydrogens (tertiary/aromatic N) is 2. The summed E-state index contributed by atoms with van der Waals surface area (Å²) in [5.74, 6) is 0.898. The van der Waals surface area contributed by atoms with Crippen molar-refractivity contribution in [2.75, 3.05) is 5.32 Å². The molecule has 1 aliphatic rings. The topological polar surface area (TPSA) is 59.2 Å². The molecule has 2 heterocycles. The van der Waals surface area contributed by atoms with E-state index in [9.17, 15) is 0 Å². The lowest BCUT2D eigenvalue weighted by molar-refractivity contribution is -0.0431. The number of anilines is 1. The molecule has 21 heavy (non-hydrogen) atoms. The lowest BCUT2D eigenvalue weighted by Gasteiger charge is -2.16. The van der Waals surface area contributed by atoms with Gasteiger partial charge < -0.3 is 19.4 Å². The first-order valence-electron chi connectivity index (χ1n) is 6.78. The number of benzene rings is 1. The fraction of sp³-hybridized carbons (Fsp3) is 0.312. The predicted octanol–water partition coefficient (Wildman–Crippen LogP) is 3.02. The maximum Gasteiger partial charge on any atom is 0.246 e. The summed E-state index contributed by atoms with van der Waals surface area (Å²) >= 11 is 0. The molecule has 5 nitrogen and oxygen atoms in total. The van der Waals surface area contributed by atoms with Gasteiger partial charge in [-0.05, 0) is 23.8 Å². The van der Waals surface area contributed by atoms with Crippen molar-refractivity contribution in [3.63, 3.8) is 0 Å². The van der Waals surface area contributed by atoms with Gasteiger partial charge in [0.1, 0.15) is 11.8 Å². The largest absolute Gasteiger partial charge is 0.449 e. The van der Waals surface area contributed by atoms with Crippen LogP contribution < -0.4 is 14.8 Å². The van der Waals surface area contributed by atoms with Crippen LogP contribution in [0.4, 0.5) is 5.69 Å². The summed E-state index contributed by atoms with van der Waals surface area (Å²) in [6, 6.07) is 9.82. The SMILES string of the molecule is Cn1cc(CNc2ccc3c(c2)OC(C)(C)O3)cc1C#N. The normalized spacial score (nSPS) is 14.8. The summed E-state index contributed by atoms with van der Waals surface area (Å²) < 4.78 is 13.2. The van der Waals surface area contributed by atoms with Crippen LogP contribution in [-0.4, -0.2) is 10.4 Å². The first-order chi connectivity index (χ1) is 9.97. The molecule has 0 radical (unpaired) electrons. The molecular weight excluding hydrogens is 266 g/mol. The van der Waals surface area contributed by atoms with Crippen molar-refractivity contribution in [1.29, 1.82) is 5.26 Å². The Balaban J connectivity index is 1.71. The Morgan fingerprint density at radius 3 is 2.71 bits per heavy atom. The van der Waals surface area contributed by atoms with Gasteiger partial charge in [0, 0.05) is 45.4 Å². The van der Waals surface area contributed by atoms with E-state index in [1.165, 1.54) is 0 Å². The van der Waals surface area contributed by atoms with Crippen LogP contribution in [0.5, 0.6) is 11.5 Å². The number of nitrogens with one attached hydrogen (secondary N) is 1. The van der Waals surface area contributed by atoms with Crippen molar-refractivity contribution in [3.05, 3.63) is 41.7 Å². The number of ether oxygens (including phenoxy) is 2. The van der Waals surface area contributed by atoms with Gasteiger partial charge in [-0.25, -0.2) is 0 Å². The van der Waals surface area contributed by atoms with Crippen LogP contribution >= 0.6 is 0 Å². The van der Waals surface area contributed by atoms with Gasteiger partial charge in [0.25, 0.3) is 0 Å². The second-order valence-corrected chi connectivity index (χ2v) is 5.58. The van der Waals surface area contributed by atoms with E-state index in [2.05, 4.69) is 11.4 Å². The highest BCUT2D eigenvalue weighted by Crippen LogP contribution is 2.40. The lowest BCUT2D eigenvalue weighted by atomic mass is 10.2. The molecule has 0 fully saturated rings. The van der Waals surface area contributed by atoms with E-state index >= 15 is 0 Å². The molecule has 0 aliphatic carbocycles. The van der Waals surface area contributed by atoms with Crippen molar-refractivity contribution in [2.24, 2.45) is 7.05 Å². The lowest BCUT2D eigenvalue weighted by Crippen LogP contribution is -2.29. The van der Waals surface area contributed by atoms with Crippen LogP contribution in [0.25, 0.3) is 0 Å². The third kappa shape index (κ3) is 2.65. The molecule has 5 heteroatoms. The third-order valence-corrected chi connectivity index (χ3v) is 3.33. The molecule has 0 spiro atoms. The monoisotopic (exact) mass is 283 g/mol. The Labute approximate surface area is 123 Å². The molecule has 1 aromatic carbocycles. The zero-order valence-electron chi connectivity index (χ0n) is 12.3. The van der Waals surface area contributed by atoms with E-state index in [0.29, 0.717) is 12.2 Å². The zero-order valence-corrected chi connectivity index (χ0v) is 12.3. The molecule has 1 aromatic heterocycles. The maximum atomic E-state index is 8.95.